The van der Waals surface area contributed by atoms with Crippen molar-refractivity contribution in [2.75, 3.05) is 6.54 Å². The molecule has 0 bridgehead atoms. The summed E-state index contributed by atoms with van der Waals surface area (Å²) in [5, 5.41) is 3.65. The summed E-state index contributed by atoms with van der Waals surface area (Å²) in [7, 11) is 0. The molecular formula is C17H22ClNO2. The van der Waals surface area contributed by atoms with Crippen LogP contribution in [0.25, 0.3) is 0 Å². The third-order valence-electron chi connectivity index (χ3n) is 3.66. The van der Waals surface area contributed by atoms with E-state index < -0.39 is 5.60 Å². The molecule has 0 aromatic heterocycles. The van der Waals surface area contributed by atoms with Crippen LogP contribution in [0.1, 0.15) is 33.1 Å². The van der Waals surface area contributed by atoms with Crippen molar-refractivity contribution >= 4 is 17.5 Å². The first-order valence-corrected chi connectivity index (χ1v) is 7.73. The lowest BCUT2D eigenvalue weighted by Crippen LogP contribution is -2.47. The Morgan fingerprint density at radius 1 is 1.33 bits per heavy atom. The largest absolute Gasteiger partial charge is 0.478 e. The van der Waals surface area contributed by atoms with E-state index in [2.05, 4.69) is 17.5 Å². The number of allylic oxidation sites excluding steroid dienone is 2. The normalized spacial score (nSPS) is 18.3. The van der Waals surface area contributed by atoms with Crippen LogP contribution in [0, 0.1) is 5.92 Å². The monoisotopic (exact) mass is 307 g/mol. The van der Waals surface area contributed by atoms with Crippen molar-refractivity contribution in [2.45, 2.75) is 38.7 Å². The highest BCUT2D eigenvalue weighted by atomic mass is 35.5. The maximum atomic E-state index is 12.3. The van der Waals surface area contributed by atoms with Gasteiger partial charge in [-0.2, -0.15) is 0 Å². The van der Waals surface area contributed by atoms with E-state index in [1.54, 1.807) is 38.1 Å². The molecule has 0 aliphatic heterocycles. The zero-order chi connectivity index (χ0) is 15.3. The SMILES string of the molecule is CC(C)(Oc1ccc(Cl)cc1)C(=O)NCC1CC=CCC1. The number of halogens is 1. The maximum Gasteiger partial charge on any atom is 0.263 e. The minimum atomic E-state index is -0.904. The summed E-state index contributed by atoms with van der Waals surface area (Å²) in [6.45, 7) is 4.26. The van der Waals surface area contributed by atoms with Crippen molar-refractivity contribution in [1.29, 1.82) is 0 Å². The van der Waals surface area contributed by atoms with Gasteiger partial charge in [0.05, 0.1) is 0 Å². The summed E-state index contributed by atoms with van der Waals surface area (Å²) in [6, 6.07) is 7.03. The van der Waals surface area contributed by atoms with Gasteiger partial charge in [0.25, 0.3) is 5.91 Å². The standard InChI is InChI=1S/C17H22ClNO2/c1-17(2,21-15-10-8-14(18)9-11-15)16(20)19-12-13-6-4-3-5-7-13/h3-4,8-11,13H,5-7,12H2,1-2H3,(H,19,20). The molecular weight excluding hydrogens is 286 g/mol. The van der Waals surface area contributed by atoms with E-state index in [1.165, 1.54) is 0 Å². The highest BCUT2D eigenvalue weighted by molar-refractivity contribution is 6.30. The van der Waals surface area contributed by atoms with E-state index in [4.69, 9.17) is 16.3 Å². The second kappa shape index (κ2) is 6.99. The number of rotatable bonds is 5. The number of hydrogen-bond acceptors (Lipinski definition) is 2. The van der Waals surface area contributed by atoms with Crippen LogP contribution < -0.4 is 10.1 Å². The first-order chi connectivity index (χ1) is 9.97. The van der Waals surface area contributed by atoms with Gasteiger partial charge in [0.15, 0.2) is 5.60 Å². The van der Waals surface area contributed by atoms with Crippen molar-refractivity contribution < 1.29 is 9.53 Å². The zero-order valence-corrected chi connectivity index (χ0v) is 13.3. The molecule has 4 heteroatoms. The number of carbonyl (C=O) groups is 1. The molecule has 0 spiro atoms. The molecule has 0 heterocycles. The van der Waals surface area contributed by atoms with E-state index in [0.717, 1.165) is 19.3 Å². The Hall–Kier alpha value is -1.48. The average molecular weight is 308 g/mol. The predicted octanol–water partition coefficient (Wildman–Crippen LogP) is 3.97. The van der Waals surface area contributed by atoms with Crippen LogP contribution in [0.3, 0.4) is 0 Å². The molecule has 1 atom stereocenters. The van der Waals surface area contributed by atoms with Crippen molar-refractivity contribution in [3.63, 3.8) is 0 Å². The van der Waals surface area contributed by atoms with Gasteiger partial charge in [0.2, 0.25) is 0 Å². The molecule has 0 saturated heterocycles. The van der Waals surface area contributed by atoms with Gasteiger partial charge < -0.3 is 10.1 Å². The lowest BCUT2D eigenvalue weighted by Gasteiger charge is -2.27. The number of ether oxygens (including phenoxy) is 1. The molecule has 0 saturated carbocycles. The Morgan fingerprint density at radius 3 is 2.67 bits per heavy atom. The van der Waals surface area contributed by atoms with Crippen LogP contribution in [0.15, 0.2) is 36.4 Å². The minimum absolute atomic E-state index is 0.0907. The van der Waals surface area contributed by atoms with E-state index in [1.807, 2.05) is 0 Å². The molecule has 0 fully saturated rings. The predicted molar refractivity (Wildman–Crippen MR) is 85.6 cm³/mol. The first kappa shape index (κ1) is 15.9. The van der Waals surface area contributed by atoms with E-state index in [-0.39, 0.29) is 5.91 Å². The summed E-state index contributed by atoms with van der Waals surface area (Å²) in [4.78, 5) is 12.3. The lowest BCUT2D eigenvalue weighted by atomic mass is 9.94. The Morgan fingerprint density at radius 2 is 2.05 bits per heavy atom. The van der Waals surface area contributed by atoms with Crippen LogP contribution >= 0.6 is 11.6 Å². The summed E-state index contributed by atoms with van der Waals surface area (Å²) >= 11 is 5.84. The topological polar surface area (TPSA) is 38.3 Å². The van der Waals surface area contributed by atoms with Crippen molar-refractivity contribution in [1.82, 2.24) is 5.32 Å². The molecule has 21 heavy (non-hydrogen) atoms. The number of nitrogens with one attached hydrogen (secondary N) is 1. The fourth-order valence-electron chi connectivity index (χ4n) is 2.34. The van der Waals surface area contributed by atoms with Gasteiger partial charge in [0.1, 0.15) is 5.75 Å². The Bertz CT molecular complexity index is 508. The highest BCUT2D eigenvalue weighted by Gasteiger charge is 2.30. The Kier molecular flexibility index (Phi) is 5.29. The molecule has 1 N–H and O–H groups in total. The second-order valence-electron chi connectivity index (χ2n) is 5.93. The first-order valence-electron chi connectivity index (χ1n) is 7.35. The molecule has 2 rings (SSSR count). The van der Waals surface area contributed by atoms with Gasteiger partial charge >= 0.3 is 0 Å². The number of benzene rings is 1. The summed E-state index contributed by atoms with van der Waals surface area (Å²) in [6.07, 6.45) is 7.67. The minimum Gasteiger partial charge on any atom is -0.478 e. The molecule has 3 nitrogen and oxygen atoms in total. The molecule has 1 amide bonds. The van der Waals surface area contributed by atoms with E-state index in [0.29, 0.717) is 23.2 Å². The lowest BCUT2D eigenvalue weighted by molar-refractivity contribution is -0.134. The molecule has 1 unspecified atom stereocenters. The van der Waals surface area contributed by atoms with Crippen LogP contribution in [0.4, 0.5) is 0 Å². The summed E-state index contributed by atoms with van der Waals surface area (Å²) in [5.41, 5.74) is -0.904. The summed E-state index contributed by atoms with van der Waals surface area (Å²) in [5.74, 6) is 1.08. The van der Waals surface area contributed by atoms with Crippen LogP contribution in [-0.2, 0) is 4.79 Å². The molecule has 1 aliphatic carbocycles. The number of amides is 1. The Labute approximate surface area is 131 Å². The van der Waals surface area contributed by atoms with Gasteiger partial charge in [-0.3, -0.25) is 4.79 Å². The van der Waals surface area contributed by atoms with Crippen molar-refractivity contribution in [3.8, 4) is 5.75 Å². The molecule has 1 aromatic carbocycles. The Balaban J connectivity index is 1.87. The molecule has 1 aliphatic rings. The van der Waals surface area contributed by atoms with Crippen LogP contribution in [-0.4, -0.2) is 18.1 Å². The average Bonchev–Trinajstić information content (AvgIpc) is 2.48. The fourth-order valence-corrected chi connectivity index (χ4v) is 2.46. The van der Waals surface area contributed by atoms with E-state index >= 15 is 0 Å². The van der Waals surface area contributed by atoms with Crippen LogP contribution in [0.5, 0.6) is 5.75 Å². The van der Waals surface area contributed by atoms with Crippen molar-refractivity contribution in [2.24, 2.45) is 5.92 Å². The quantitative estimate of drug-likeness (QED) is 0.836. The molecule has 114 valence electrons. The highest BCUT2D eigenvalue weighted by Crippen LogP contribution is 2.22. The molecule has 0 radical (unpaired) electrons. The van der Waals surface area contributed by atoms with E-state index in [9.17, 15) is 4.79 Å². The maximum absolute atomic E-state index is 12.3. The smallest absolute Gasteiger partial charge is 0.263 e. The van der Waals surface area contributed by atoms with Gasteiger partial charge in [-0.05, 0) is 63.3 Å². The number of carbonyl (C=O) groups excluding carboxylic acids is 1. The van der Waals surface area contributed by atoms with Gasteiger partial charge in [-0.1, -0.05) is 23.8 Å². The second-order valence-corrected chi connectivity index (χ2v) is 6.36. The number of hydrogen-bond donors (Lipinski definition) is 1. The van der Waals surface area contributed by atoms with Gasteiger partial charge in [0, 0.05) is 11.6 Å². The third-order valence-corrected chi connectivity index (χ3v) is 3.91. The fraction of sp³-hybridized carbons (Fsp3) is 0.471. The molecule has 1 aromatic rings. The van der Waals surface area contributed by atoms with Gasteiger partial charge in [-0.25, -0.2) is 0 Å². The third kappa shape index (κ3) is 4.78. The zero-order valence-electron chi connectivity index (χ0n) is 12.6. The van der Waals surface area contributed by atoms with Crippen molar-refractivity contribution in [3.05, 3.63) is 41.4 Å². The van der Waals surface area contributed by atoms with Gasteiger partial charge in [-0.15, -0.1) is 0 Å². The summed E-state index contributed by atoms with van der Waals surface area (Å²) < 4.78 is 5.77. The van der Waals surface area contributed by atoms with Crippen LogP contribution in [0.2, 0.25) is 5.02 Å².